The van der Waals surface area contributed by atoms with Gasteiger partial charge in [0.2, 0.25) is 10.0 Å². The van der Waals surface area contributed by atoms with E-state index >= 15 is 0 Å². The fourth-order valence-electron chi connectivity index (χ4n) is 1.20. The van der Waals surface area contributed by atoms with Gasteiger partial charge in [-0.25, -0.2) is 8.42 Å². The SMILES string of the molecule is COc1ccc(OC(C)=O)cc1NS(C)(=O)=O. The Morgan fingerprint density at radius 1 is 1.35 bits per heavy atom. The fourth-order valence-corrected chi connectivity index (χ4v) is 1.76. The predicted octanol–water partition coefficient (Wildman–Crippen LogP) is 0.992. The van der Waals surface area contributed by atoms with Gasteiger partial charge in [-0.05, 0) is 12.1 Å². The van der Waals surface area contributed by atoms with E-state index in [2.05, 4.69) is 4.72 Å². The van der Waals surface area contributed by atoms with Crippen molar-refractivity contribution in [2.75, 3.05) is 18.1 Å². The van der Waals surface area contributed by atoms with Gasteiger partial charge < -0.3 is 9.47 Å². The summed E-state index contributed by atoms with van der Waals surface area (Å²) in [5.74, 6) is 0.0937. The van der Waals surface area contributed by atoms with E-state index in [0.29, 0.717) is 5.75 Å². The minimum atomic E-state index is -3.43. The Bertz CT molecular complexity index is 523. The molecule has 0 fully saturated rings. The first-order valence-corrected chi connectivity index (χ1v) is 6.55. The van der Waals surface area contributed by atoms with Gasteiger partial charge >= 0.3 is 5.97 Å². The Kier molecular flexibility index (Phi) is 3.95. The van der Waals surface area contributed by atoms with Crippen molar-refractivity contribution >= 4 is 21.7 Å². The van der Waals surface area contributed by atoms with Gasteiger partial charge in [0.1, 0.15) is 11.5 Å². The van der Waals surface area contributed by atoms with Crippen molar-refractivity contribution in [1.82, 2.24) is 0 Å². The number of benzene rings is 1. The van der Waals surface area contributed by atoms with Crippen LogP contribution in [-0.2, 0) is 14.8 Å². The van der Waals surface area contributed by atoms with Crippen LogP contribution < -0.4 is 14.2 Å². The van der Waals surface area contributed by atoms with E-state index < -0.39 is 16.0 Å². The molecule has 0 aliphatic rings. The highest BCUT2D eigenvalue weighted by molar-refractivity contribution is 7.92. The normalized spacial score (nSPS) is 10.8. The Balaban J connectivity index is 3.10. The van der Waals surface area contributed by atoms with Gasteiger partial charge in [0, 0.05) is 13.0 Å². The highest BCUT2D eigenvalue weighted by Gasteiger charge is 2.10. The minimum absolute atomic E-state index is 0.216. The topological polar surface area (TPSA) is 81.7 Å². The van der Waals surface area contributed by atoms with E-state index in [1.165, 1.54) is 32.2 Å². The van der Waals surface area contributed by atoms with Crippen LogP contribution in [0, 0.1) is 0 Å². The minimum Gasteiger partial charge on any atom is -0.495 e. The second-order valence-corrected chi connectivity index (χ2v) is 5.08. The molecule has 94 valence electrons. The molecule has 0 aliphatic heterocycles. The van der Waals surface area contributed by atoms with E-state index in [-0.39, 0.29) is 11.4 Å². The van der Waals surface area contributed by atoms with Crippen LogP contribution in [0.15, 0.2) is 18.2 Å². The third-order valence-corrected chi connectivity index (χ3v) is 2.32. The summed E-state index contributed by atoms with van der Waals surface area (Å²) in [5.41, 5.74) is 0.216. The van der Waals surface area contributed by atoms with E-state index in [1.807, 2.05) is 0 Å². The fraction of sp³-hybridized carbons (Fsp3) is 0.300. The van der Waals surface area contributed by atoms with E-state index in [4.69, 9.17) is 9.47 Å². The third kappa shape index (κ3) is 4.31. The summed E-state index contributed by atoms with van der Waals surface area (Å²) in [4.78, 5) is 10.8. The van der Waals surface area contributed by atoms with Crippen molar-refractivity contribution in [3.63, 3.8) is 0 Å². The van der Waals surface area contributed by atoms with Gasteiger partial charge in [-0.3, -0.25) is 9.52 Å². The van der Waals surface area contributed by atoms with Gasteiger partial charge in [-0.1, -0.05) is 0 Å². The van der Waals surface area contributed by atoms with E-state index in [0.717, 1.165) is 6.26 Å². The average Bonchev–Trinajstić information content (AvgIpc) is 2.14. The Morgan fingerprint density at radius 2 is 2.00 bits per heavy atom. The molecule has 0 unspecified atom stereocenters. The average molecular weight is 259 g/mol. The van der Waals surface area contributed by atoms with Crippen molar-refractivity contribution in [3.8, 4) is 11.5 Å². The Labute approximate surface area is 99.6 Å². The molecule has 7 heteroatoms. The smallest absolute Gasteiger partial charge is 0.308 e. The van der Waals surface area contributed by atoms with Crippen LogP contribution in [0.4, 0.5) is 5.69 Å². The second-order valence-electron chi connectivity index (χ2n) is 3.33. The quantitative estimate of drug-likeness (QED) is 0.644. The number of ether oxygens (including phenoxy) is 2. The molecule has 6 nitrogen and oxygen atoms in total. The number of esters is 1. The number of hydrogen-bond donors (Lipinski definition) is 1. The monoisotopic (exact) mass is 259 g/mol. The molecule has 0 aliphatic carbocycles. The summed E-state index contributed by atoms with van der Waals surface area (Å²) < 4.78 is 34.3. The zero-order valence-electron chi connectivity index (χ0n) is 9.68. The number of sulfonamides is 1. The summed E-state index contributed by atoms with van der Waals surface area (Å²) >= 11 is 0. The molecular weight excluding hydrogens is 246 g/mol. The summed E-state index contributed by atoms with van der Waals surface area (Å²) in [6, 6.07) is 4.39. The van der Waals surface area contributed by atoms with Crippen LogP contribution in [0.3, 0.4) is 0 Å². The number of anilines is 1. The first kappa shape index (κ1) is 13.3. The largest absolute Gasteiger partial charge is 0.495 e. The van der Waals surface area contributed by atoms with Gasteiger partial charge in [-0.2, -0.15) is 0 Å². The third-order valence-electron chi connectivity index (χ3n) is 1.73. The molecule has 0 heterocycles. The molecule has 0 saturated heterocycles. The maximum absolute atomic E-state index is 11.1. The van der Waals surface area contributed by atoms with Crippen LogP contribution >= 0.6 is 0 Å². The zero-order chi connectivity index (χ0) is 13.1. The van der Waals surface area contributed by atoms with E-state index in [9.17, 15) is 13.2 Å². The Hall–Kier alpha value is -1.76. The van der Waals surface area contributed by atoms with E-state index in [1.54, 1.807) is 0 Å². The first-order chi connectivity index (χ1) is 7.81. The van der Waals surface area contributed by atoms with Crippen LogP contribution in [0.2, 0.25) is 0 Å². The summed E-state index contributed by atoms with van der Waals surface area (Å²) in [6.45, 7) is 1.26. The maximum atomic E-state index is 11.1. The Morgan fingerprint density at radius 3 is 2.47 bits per heavy atom. The molecule has 1 aromatic rings. The molecule has 0 radical (unpaired) electrons. The number of hydrogen-bond acceptors (Lipinski definition) is 5. The zero-order valence-corrected chi connectivity index (χ0v) is 10.5. The number of carbonyl (C=O) groups excluding carboxylic acids is 1. The van der Waals surface area contributed by atoms with Gasteiger partial charge in [0.05, 0.1) is 19.1 Å². The predicted molar refractivity (Wildman–Crippen MR) is 62.8 cm³/mol. The standard InChI is InChI=1S/C10H13NO5S/c1-7(12)16-8-4-5-10(15-2)9(6-8)11-17(3,13)14/h4-6,11H,1-3H3. The molecule has 0 saturated carbocycles. The summed E-state index contributed by atoms with van der Waals surface area (Å²) in [7, 11) is -2.01. The van der Waals surface area contributed by atoms with Gasteiger partial charge in [0.25, 0.3) is 0 Å². The lowest BCUT2D eigenvalue weighted by molar-refractivity contribution is -0.131. The molecule has 17 heavy (non-hydrogen) atoms. The number of methoxy groups -OCH3 is 1. The summed E-state index contributed by atoms with van der Waals surface area (Å²) in [6.07, 6.45) is 1.02. The van der Waals surface area contributed by atoms with Crippen molar-refractivity contribution < 1.29 is 22.7 Å². The number of rotatable bonds is 4. The highest BCUT2D eigenvalue weighted by Crippen LogP contribution is 2.29. The first-order valence-electron chi connectivity index (χ1n) is 4.66. The number of nitrogens with one attached hydrogen (secondary N) is 1. The van der Waals surface area contributed by atoms with Crippen molar-refractivity contribution in [3.05, 3.63) is 18.2 Å². The highest BCUT2D eigenvalue weighted by atomic mass is 32.2. The van der Waals surface area contributed by atoms with Crippen molar-refractivity contribution in [1.29, 1.82) is 0 Å². The molecule has 1 N–H and O–H groups in total. The maximum Gasteiger partial charge on any atom is 0.308 e. The lowest BCUT2D eigenvalue weighted by Gasteiger charge is -2.11. The molecule has 1 rings (SSSR count). The molecule has 0 aromatic heterocycles. The van der Waals surface area contributed by atoms with Crippen molar-refractivity contribution in [2.45, 2.75) is 6.92 Å². The lowest BCUT2D eigenvalue weighted by atomic mass is 10.3. The molecule has 0 bridgehead atoms. The molecular formula is C10H13NO5S. The van der Waals surface area contributed by atoms with Gasteiger partial charge in [0.15, 0.2) is 0 Å². The van der Waals surface area contributed by atoms with Crippen molar-refractivity contribution in [2.24, 2.45) is 0 Å². The van der Waals surface area contributed by atoms with Gasteiger partial charge in [-0.15, -0.1) is 0 Å². The summed E-state index contributed by atoms with van der Waals surface area (Å²) in [5, 5.41) is 0. The molecule has 1 aromatic carbocycles. The van der Waals surface area contributed by atoms with Crippen LogP contribution in [-0.4, -0.2) is 27.8 Å². The van der Waals surface area contributed by atoms with Crippen LogP contribution in [0.1, 0.15) is 6.92 Å². The number of carbonyl (C=O) groups is 1. The van der Waals surface area contributed by atoms with Crippen LogP contribution in [0.25, 0.3) is 0 Å². The lowest BCUT2D eigenvalue weighted by Crippen LogP contribution is -2.11. The molecule has 0 spiro atoms. The molecule has 0 amide bonds. The van der Waals surface area contributed by atoms with Crippen LogP contribution in [0.5, 0.6) is 11.5 Å². The molecule has 0 atom stereocenters. The second kappa shape index (κ2) is 5.05.